The molecule has 2 atom stereocenters. The first-order chi connectivity index (χ1) is 13.7. The predicted molar refractivity (Wildman–Crippen MR) is 120 cm³/mol. The van der Waals surface area contributed by atoms with Gasteiger partial charge in [0.25, 0.3) is 0 Å². The smallest absolute Gasteiger partial charge is 0.0671 e. The van der Waals surface area contributed by atoms with Gasteiger partial charge in [-0.2, -0.15) is 0 Å². The van der Waals surface area contributed by atoms with Gasteiger partial charge in [0.2, 0.25) is 0 Å². The van der Waals surface area contributed by atoms with Gasteiger partial charge in [0.1, 0.15) is 0 Å². The van der Waals surface area contributed by atoms with Crippen LogP contribution in [0.4, 0.5) is 0 Å². The lowest BCUT2D eigenvalue weighted by atomic mass is 9.70. The van der Waals surface area contributed by atoms with Gasteiger partial charge < -0.3 is 0 Å². The first-order valence-corrected chi connectivity index (χ1v) is 10.2. The van der Waals surface area contributed by atoms with Crippen LogP contribution in [-0.4, -0.2) is 4.98 Å². The molecule has 140 valence electrons. The lowest BCUT2D eigenvalue weighted by molar-refractivity contribution is 0.550. The molecule has 1 heterocycles. The second kappa shape index (κ2) is 7.98. The predicted octanol–water partition coefficient (Wildman–Crippen LogP) is 7.25. The zero-order chi connectivity index (χ0) is 19.5. The number of allylic oxidation sites excluding steroid dienone is 6. The van der Waals surface area contributed by atoms with Gasteiger partial charge in [-0.15, -0.1) is 0 Å². The van der Waals surface area contributed by atoms with Gasteiger partial charge in [-0.1, -0.05) is 79.8 Å². The summed E-state index contributed by atoms with van der Waals surface area (Å²) >= 11 is 0. The number of fused-ring (bicyclic) bond motifs is 1. The lowest BCUT2D eigenvalue weighted by Crippen LogP contribution is -2.19. The highest BCUT2D eigenvalue weighted by atomic mass is 14.7. The second-order valence-electron chi connectivity index (χ2n) is 7.51. The van der Waals surface area contributed by atoms with E-state index < -0.39 is 0 Å². The van der Waals surface area contributed by atoms with Crippen molar-refractivity contribution in [3.63, 3.8) is 0 Å². The highest BCUT2D eigenvalue weighted by molar-refractivity contribution is 5.89. The van der Waals surface area contributed by atoms with Crippen molar-refractivity contribution >= 4 is 16.3 Å². The molecule has 1 aliphatic carbocycles. The van der Waals surface area contributed by atoms with E-state index >= 15 is 0 Å². The molecule has 0 N–H and O–H groups in total. The topological polar surface area (TPSA) is 12.9 Å². The molecule has 2 unspecified atom stereocenters. The second-order valence-corrected chi connectivity index (χ2v) is 7.51. The summed E-state index contributed by atoms with van der Waals surface area (Å²) in [5.41, 5.74) is 6.27. The minimum Gasteiger partial charge on any atom is -0.253 e. The zero-order valence-corrected chi connectivity index (χ0v) is 16.9. The van der Waals surface area contributed by atoms with E-state index in [-0.39, 0.29) is 0 Å². The number of benzene rings is 2. The van der Waals surface area contributed by atoms with Crippen LogP contribution in [0, 0.1) is 12.8 Å². The molecule has 4 rings (SSSR count). The van der Waals surface area contributed by atoms with E-state index in [4.69, 9.17) is 4.98 Å². The number of hydrogen-bond donors (Lipinski definition) is 0. The van der Waals surface area contributed by atoms with E-state index in [2.05, 4.69) is 106 Å². The minimum absolute atomic E-state index is 0.293. The van der Waals surface area contributed by atoms with Crippen LogP contribution in [0.15, 0.2) is 90.5 Å². The van der Waals surface area contributed by atoms with E-state index in [0.29, 0.717) is 11.8 Å². The molecule has 0 saturated carbocycles. The summed E-state index contributed by atoms with van der Waals surface area (Å²) in [6.07, 6.45) is 10.1. The molecule has 1 heteroatoms. The van der Waals surface area contributed by atoms with Gasteiger partial charge in [-0.05, 0) is 65.8 Å². The number of nitrogens with zero attached hydrogens (tertiary/aromatic N) is 1. The first-order valence-electron chi connectivity index (χ1n) is 10.2. The fourth-order valence-electron chi connectivity index (χ4n) is 4.52. The minimum atomic E-state index is 0.293. The average Bonchev–Trinajstić information content (AvgIpc) is 2.73. The van der Waals surface area contributed by atoms with Crippen LogP contribution < -0.4 is 0 Å². The standard InChI is InChI=1S/C27H27N/c1-4-10-20-17-18-25(26-16-8-11-19(3)28-26)27(22(20)5-2)24-15-9-13-21-12-6-7-14-23(21)24/h4,6-18,22,27H,5H2,1-3H3/b10-4-. The number of hydrogen-bond acceptors (Lipinski definition) is 1. The van der Waals surface area contributed by atoms with Gasteiger partial charge >= 0.3 is 0 Å². The maximum atomic E-state index is 4.88. The largest absolute Gasteiger partial charge is 0.253 e. The Bertz CT molecular complexity index is 1080. The van der Waals surface area contributed by atoms with Gasteiger partial charge in [-0.25, -0.2) is 0 Å². The van der Waals surface area contributed by atoms with Gasteiger partial charge in [0.05, 0.1) is 5.69 Å². The monoisotopic (exact) mass is 365 g/mol. The summed E-state index contributed by atoms with van der Waals surface area (Å²) in [5.74, 6) is 0.728. The molecule has 1 nitrogen and oxygen atoms in total. The van der Waals surface area contributed by atoms with Crippen molar-refractivity contribution in [3.8, 4) is 0 Å². The van der Waals surface area contributed by atoms with Gasteiger partial charge in [0, 0.05) is 11.6 Å². The Labute approximate surface area is 168 Å². The Morgan fingerprint density at radius 1 is 0.929 bits per heavy atom. The summed E-state index contributed by atoms with van der Waals surface area (Å²) in [5, 5.41) is 2.64. The van der Waals surface area contributed by atoms with Crippen molar-refractivity contribution in [1.82, 2.24) is 4.98 Å². The van der Waals surface area contributed by atoms with Crippen LogP contribution in [0.25, 0.3) is 16.3 Å². The summed E-state index contributed by atoms with van der Waals surface area (Å²) in [6.45, 7) is 6.47. The Morgan fingerprint density at radius 2 is 1.71 bits per heavy atom. The number of aryl methyl sites for hydroxylation is 1. The fraction of sp³-hybridized carbons (Fsp3) is 0.222. The van der Waals surface area contributed by atoms with Gasteiger partial charge in [0.15, 0.2) is 0 Å². The van der Waals surface area contributed by atoms with Gasteiger partial charge in [-0.3, -0.25) is 4.98 Å². The van der Waals surface area contributed by atoms with Crippen molar-refractivity contribution < 1.29 is 0 Å². The summed E-state index contributed by atoms with van der Waals surface area (Å²) in [6, 6.07) is 21.8. The maximum absolute atomic E-state index is 4.88. The Balaban J connectivity index is 1.96. The normalized spacial score (nSPS) is 19.7. The SMILES string of the molecule is C/C=C\C1=CC=C(c2cccc(C)n2)C(c2cccc3ccccc23)C1CC. The number of rotatable bonds is 4. The van der Waals surface area contributed by atoms with E-state index in [0.717, 1.165) is 17.8 Å². The summed E-state index contributed by atoms with van der Waals surface area (Å²) in [4.78, 5) is 4.88. The maximum Gasteiger partial charge on any atom is 0.0671 e. The number of aromatic nitrogens is 1. The van der Waals surface area contributed by atoms with Crippen molar-refractivity contribution in [2.75, 3.05) is 0 Å². The quantitative estimate of drug-likeness (QED) is 0.474. The molecular formula is C27H27N. The van der Waals surface area contributed by atoms with Crippen molar-refractivity contribution in [2.24, 2.45) is 5.92 Å². The molecule has 0 radical (unpaired) electrons. The van der Waals surface area contributed by atoms with E-state index in [1.807, 2.05) is 0 Å². The first kappa shape index (κ1) is 18.4. The van der Waals surface area contributed by atoms with Crippen LogP contribution in [0.3, 0.4) is 0 Å². The lowest BCUT2D eigenvalue weighted by Gasteiger charge is -2.33. The molecule has 0 fully saturated rings. The highest BCUT2D eigenvalue weighted by Gasteiger charge is 2.32. The summed E-state index contributed by atoms with van der Waals surface area (Å²) < 4.78 is 0. The van der Waals surface area contributed by atoms with E-state index in [1.165, 1.54) is 27.5 Å². The van der Waals surface area contributed by atoms with E-state index in [1.54, 1.807) is 0 Å². The molecule has 28 heavy (non-hydrogen) atoms. The van der Waals surface area contributed by atoms with Crippen LogP contribution >= 0.6 is 0 Å². The Kier molecular flexibility index (Phi) is 5.25. The molecule has 1 aromatic heterocycles. The van der Waals surface area contributed by atoms with Crippen molar-refractivity contribution in [2.45, 2.75) is 33.1 Å². The van der Waals surface area contributed by atoms with Crippen LogP contribution in [-0.2, 0) is 0 Å². The molecule has 0 spiro atoms. The Hall–Kier alpha value is -2.93. The van der Waals surface area contributed by atoms with Crippen molar-refractivity contribution in [1.29, 1.82) is 0 Å². The Morgan fingerprint density at radius 3 is 2.50 bits per heavy atom. The molecule has 0 saturated heterocycles. The summed E-state index contributed by atoms with van der Waals surface area (Å²) in [7, 11) is 0. The fourth-order valence-corrected chi connectivity index (χ4v) is 4.52. The van der Waals surface area contributed by atoms with Crippen LogP contribution in [0.2, 0.25) is 0 Å². The molecule has 0 aliphatic heterocycles. The molecule has 0 bridgehead atoms. The highest BCUT2D eigenvalue weighted by Crippen LogP contribution is 2.47. The number of pyridine rings is 1. The molecular weight excluding hydrogens is 338 g/mol. The average molecular weight is 366 g/mol. The third-order valence-corrected chi connectivity index (χ3v) is 5.76. The third kappa shape index (κ3) is 3.33. The van der Waals surface area contributed by atoms with Crippen LogP contribution in [0.1, 0.15) is 43.1 Å². The third-order valence-electron chi connectivity index (χ3n) is 5.76. The molecule has 2 aromatic carbocycles. The molecule has 0 amide bonds. The van der Waals surface area contributed by atoms with Crippen LogP contribution in [0.5, 0.6) is 0 Å². The van der Waals surface area contributed by atoms with E-state index in [9.17, 15) is 0 Å². The molecule has 3 aromatic rings. The van der Waals surface area contributed by atoms with Crippen molar-refractivity contribution in [3.05, 3.63) is 107 Å². The zero-order valence-electron chi connectivity index (χ0n) is 16.9. The molecule has 1 aliphatic rings.